The fourth-order valence-corrected chi connectivity index (χ4v) is 1.83. The Hall–Kier alpha value is -2.76. The summed E-state index contributed by atoms with van der Waals surface area (Å²) in [7, 11) is 4.28. The Kier molecular flexibility index (Phi) is 4.61. The van der Waals surface area contributed by atoms with Crippen LogP contribution in [0.4, 0.5) is 0 Å². The Balaban J connectivity index is 2.52. The summed E-state index contributed by atoms with van der Waals surface area (Å²) in [6.07, 6.45) is 5.30. The van der Waals surface area contributed by atoms with Crippen molar-refractivity contribution in [3.63, 3.8) is 0 Å². The Morgan fingerprint density at radius 2 is 2.05 bits per heavy atom. The highest BCUT2D eigenvalue weighted by atomic mass is 16.5. The molecule has 0 aliphatic rings. The van der Waals surface area contributed by atoms with Gasteiger partial charge in [-0.1, -0.05) is 0 Å². The Morgan fingerprint density at radius 3 is 2.62 bits per heavy atom. The number of esters is 1. The van der Waals surface area contributed by atoms with E-state index in [1.54, 1.807) is 18.3 Å². The van der Waals surface area contributed by atoms with Crippen molar-refractivity contribution in [3.05, 3.63) is 41.3 Å². The third-order valence-corrected chi connectivity index (χ3v) is 2.85. The maximum Gasteiger partial charge on any atom is 0.343 e. The zero-order valence-corrected chi connectivity index (χ0v) is 12.0. The van der Waals surface area contributed by atoms with Crippen LogP contribution in [0.3, 0.4) is 0 Å². The molecule has 0 atom stereocenters. The van der Waals surface area contributed by atoms with Crippen LogP contribution in [0.2, 0.25) is 0 Å². The number of carbonyl (C=O) groups is 1. The number of aromatic nitrogens is 2. The summed E-state index contributed by atoms with van der Waals surface area (Å²) in [4.78, 5) is 19.2. The van der Waals surface area contributed by atoms with Gasteiger partial charge in [-0.25, -0.2) is 9.78 Å². The highest BCUT2D eigenvalue weighted by Gasteiger charge is 2.20. The highest BCUT2D eigenvalue weighted by molar-refractivity contribution is 5.97. The van der Waals surface area contributed by atoms with E-state index in [0.29, 0.717) is 17.3 Å². The molecule has 0 bridgehead atoms. The minimum atomic E-state index is -0.520. The van der Waals surface area contributed by atoms with Crippen molar-refractivity contribution in [2.45, 2.75) is 0 Å². The molecule has 0 unspecified atom stereocenters. The summed E-state index contributed by atoms with van der Waals surface area (Å²) in [6, 6.07) is 5.31. The number of nitrogens with zero attached hydrogens (tertiary/aromatic N) is 1. The first-order valence-corrected chi connectivity index (χ1v) is 6.22. The topological polar surface area (TPSA) is 73.4 Å². The summed E-state index contributed by atoms with van der Waals surface area (Å²) >= 11 is 0. The molecule has 2 rings (SSSR count). The molecule has 2 aromatic rings. The van der Waals surface area contributed by atoms with Gasteiger partial charge in [-0.3, -0.25) is 0 Å². The normalized spacial score (nSPS) is 10.6. The molecule has 0 radical (unpaired) electrons. The van der Waals surface area contributed by atoms with Crippen LogP contribution in [-0.2, 0) is 4.74 Å². The Morgan fingerprint density at radius 1 is 1.24 bits per heavy atom. The van der Waals surface area contributed by atoms with Crippen molar-refractivity contribution in [1.29, 1.82) is 0 Å². The molecule has 0 aliphatic heterocycles. The SMILES string of the molecule is COC(=O)c1c(OC)cc(OC)nc1/C=C\c1ccc[nH]1. The van der Waals surface area contributed by atoms with Crippen LogP contribution >= 0.6 is 0 Å². The van der Waals surface area contributed by atoms with Gasteiger partial charge < -0.3 is 19.2 Å². The third kappa shape index (κ3) is 3.22. The van der Waals surface area contributed by atoms with Gasteiger partial charge in [-0.2, -0.15) is 0 Å². The summed E-state index contributed by atoms with van der Waals surface area (Å²) in [5, 5.41) is 0. The van der Waals surface area contributed by atoms with Gasteiger partial charge in [-0.15, -0.1) is 0 Å². The predicted molar refractivity (Wildman–Crippen MR) is 78.4 cm³/mol. The van der Waals surface area contributed by atoms with Crippen molar-refractivity contribution >= 4 is 18.1 Å². The molecule has 0 fully saturated rings. The van der Waals surface area contributed by atoms with Crippen LogP contribution in [-0.4, -0.2) is 37.3 Å². The van der Waals surface area contributed by atoms with E-state index in [0.717, 1.165) is 5.69 Å². The van der Waals surface area contributed by atoms with Gasteiger partial charge in [0.2, 0.25) is 5.88 Å². The van der Waals surface area contributed by atoms with Crippen LogP contribution in [0.1, 0.15) is 21.7 Å². The molecule has 0 aromatic carbocycles. The molecule has 0 spiro atoms. The Bertz CT molecular complexity index is 648. The van der Waals surface area contributed by atoms with Crippen LogP contribution in [0.15, 0.2) is 24.4 Å². The first-order chi connectivity index (χ1) is 10.2. The summed E-state index contributed by atoms with van der Waals surface area (Å²) < 4.78 is 15.1. The van der Waals surface area contributed by atoms with Gasteiger partial charge in [0, 0.05) is 18.0 Å². The maximum atomic E-state index is 12.0. The van der Waals surface area contributed by atoms with Crippen molar-refractivity contribution in [3.8, 4) is 11.6 Å². The van der Waals surface area contributed by atoms with Gasteiger partial charge >= 0.3 is 5.97 Å². The lowest BCUT2D eigenvalue weighted by Gasteiger charge is -2.11. The molecule has 6 nitrogen and oxygen atoms in total. The number of methoxy groups -OCH3 is 3. The molecular formula is C15H16N2O4. The summed E-state index contributed by atoms with van der Waals surface area (Å²) in [5.41, 5.74) is 1.55. The zero-order valence-electron chi connectivity index (χ0n) is 12.0. The van der Waals surface area contributed by atoms with Gasteiger partial charge in [0.05, 0.1) is 27.0 Å². The van der Waals surface area contributed by atoms with E-state index >= 15 is 0 Å². The lowest BCUT2D eigenvalue weighted by molar-refractivity contribution is 0.0596. The average molecular weight is 288 g/mol. The third-order valence-electron chi connectivity index (χ3n) is 2.85. The monoisotopic (exact) mass is 288 g/mol. The highest BCUT2D eigenvalue weighted by Crippen LogP contribution is 2.27. The molecule has 1 N–H and O–H groups in total. The van der Waals surface area contributed by atoms with E-state index in [9.17, 15) is 4.79 Å². The number of ether oxygens (including phenoxy) is 3. The second-order valence-electron chi connectivity index (χ2n) is 4.08. The van der Waals surface area contributed by atoms with E-state index < -0.39 is 5.97 Å². The first kappa shape index (κ1) is 14.6. The molecule has 110 valence electrons. The largest absolute Gasteiger partial charge is 0.496 e. The molecule has 0 aliphatic carbocycles. The number of carbonyl (C=O) groups excluding carboxylic acids is 1. The average Bonchev–Trinajstić information content (AvgIpc) is 3.04. The fraction of sp³-hybridized carbons (Fsp3) is 0.200. The number of pyridine rings is 1. The smallest absolute Gasteiger partial charge is 0.343 e. The predicted octanol–water partition coefficient (Wildman–Crippen LogP) is 2.38. The molecule has 6 heteroatoms. The van der Waals surface area contributed by atoms with E-state index in [1.807, 2.05) is 12.1 Å². The molecular weight excluding hydrogens is 272 g/mol. The fourth-order valence-electron chi connectivity index (χ4n) is 1.83. The molecule has 21 heavy (non-hydrogen) atoms. The minimum Gasteiger partial charge on any atom is -0.496 e. The molecule has 0 amide bonds. The lowest BCUT2D eigenvalue weighted by atomic mass is 10.1. The molecule has 0 saturated heterocycles. The molecule has 2 heterocycles. The van der Waals surface area contributed by atoms with Crippen molar-refractivity contribution in [2.24, 2.45) is 0 Å². The van der Waals surface area contributed by atoms with Gasteiger partial charge in [0.1, 0.15) is 11.3 Å². The number of H-pyrrole nitrogens is 1. The molecule has 0 saturated carbocycles. The van der Waals surface area contributed by atoms with Crippen molar-refractivity contribution in [2.75, 3.05) is 21.3 Å². The van der Waals surface area contributed by atoms with Gasteiger partial charge in [0.15, 0.2) is 0 Å². The van der Waals surface area contributed by atoms with Crippen LogP contribution < -0.4 is 9.47 Å². The zero-order chi connectivity index (χ0) is 15.2. The van der Waals surface area contributed by atoms with E-state index in [2.05, 4.69) is 9.97 Å². The minimum absolute atomic E-state index is 0.253. The summed E-state index contributed by atoms with van der Waals surface area (Å²) in [6.45, 7) is 0. The lowest BCUT2D eigenvalue weighted by Crippen LogP contribution is -2.09. The number of nitrogens with one attached hydrogen (secondary N) is 1. The number of hydrogen-bond acceptors (Lipinski definition) is 5. The van der Waals surface area contributed by atoms with Crippen molar-refractivity contribution < 1.29 is 19.0 Å². The standard InChI is InChI=1S/C15H16N2O4/c1-19-12-9-13(20-2)17-11(14(12)15(18)21-3)7-6-10-5-4-8-16-10/h4-9,16H,1-3H3/b7-6-. The van der Waals surface area contributed by atoms with E-state index in [1.165, 1.54) is 27.4 Å². The quantitative estimate of drug-likeness (QED) is 0.855. The van der Waals surface area contributed by atoms with E-state index in [4.69, 9.17) is 14.2 Å². The van der Waals surface area contributed by atoms with Crippen molar-refractivity contribution in [1.82, 2.24) is 9.97 Å². The summed E-state index contributed by atoms with van der Waals surface area (Å²) in [5.74, 6) is 0.179. The van der Waals surface area contributed by atoms with E-state index in [-0.39, 0.29) is 5.56 Å². The second kappa shape index (κ2) is 6.60. The van der Waals surface area contributed by atoms with Crippen LogP contribution in [0, 0.1) is 0 Å². The maximum absolute atomic E-state index is 12.0. The van der Waals surface area contributed by atoms with Gasteiger partial charge in [0.25, 0.3) is 0 Å². The van der Waals surface area contributed by atoms with Crippen LogP contribution in [0.5, 0.6) is 11.6 Å². The number of aromatic amines is 1. The second-order valence-corrected chi connectivity index (χ2v) is 4.08. The molecule has 2 aromatic heterocycles. The Labute approximate surface area is 122 Å². The number of rotatable bonds is 5. The number of hydrogen-bond donors (Lipinski definition) is 1. The van der Waals surface area contributed by atoms with Crippen LogP contribution in [0.25, 0.3) is 12.2 Å². The van der Waals surface area contributed by atoms with Gasteiger partial charge in [-0.05, 0) is 24.3 Å². The first-order valence-electron chi connectivity index (χ1n) is 6.22.